The lowest BCUT2D eigenvalue weighted by Crippen LogP contribution is -2.16. The maximum absolute atomic E-state index is 6.36. The minimum absolute atomic E-state index is 0.154. The summed E-state index contributed by atoms with van der Waals surface area (Å²) in [4.78, 5) is 0. The third kappa shape index (κ3) is 2.87. The summed E-state index contributed by atoms with van der Waals surface area (Å²) >= 11 is 0. The minimum atomic E-state index is -0.154. The first-order valence-electron chi connectivity index (χ1n) is 7.04. The Hall–Kier alpha value is -1.62. The second-order valence-electron chi connectivity index (χ2n) is 4.74. The Morgan fingerprint density at radius 3 is 2.74 bits per heavy atom. The van der Waals surface area contributed by atoms with Crippen molar-refractivity contribution in [2.45, 2.75) is 52.7 Å². The molecule has 2 aromatic rings. The Labute approximate surface area is 114 Å². The smallest absolute Gasteiger partial charge is 0.0754 e. The van der Waals surface area contributed by atoms with E-state index in [0.29, 0.717) is 0 Å². The van der Waals surface area contributed by atoms with Gasteiger partial charge in [0.2, 0.25) is 0 Å². The summed E-state index contributed by atoms with van der Waals surface area (Å²) < 4.78 is 3.93. The summed E-state index contributed by atoms with van der Waals surface area (Å²) in [7, 11) is 0. The standard InChI is InChI=1S/C14H23N5/c1-4-7-18-10-11(9-16-18)14(15)13-8-12(5-2)17-19(13)6-3/h8-10,14H,4-7,15H2,1-3H3. The van der Waals surface area contributed by atoms with Gasteiger partial charge in [0.25, 0.3) is 0 Å². The third-order valence-electron chi connectivity index (χ3n) is 3.31. The van der Waals surface area contributed by atoms with Crippen LogP contribution in [0, 0.1) is 0 Å². The number of nitrogens with two attached hydrogens (primary N) is 1. The molecule has 0 aliphatic carbocycles. The number of rotatable bonds is 6. The van der Waals surface area contributed by atoms with Crippen molar-refractivity contribution < 1.29 is 0 Å². The average molecular weight is 261 g/mol. The first kappa shape index (κ1) is 13.8. The lowest BCUT2D eigenvalue weighted by atomic mass is 10.1. The van der Waals surface area contributed by atoms with Crippen LogP contribution < -0.4 is 5.73 Å². The van der Waals surface area contributed by atoms with E-state index in [4.69, 9.17) is 5.73 Å². The van der Waals surface area contributed by atoms with Crippen LogP contribution in [0.1, 0.15) is 50.2 Å². The van der Waals surface area contributed by atoms with Crippen LogP contribution in [0.15, 0.2) is 18.5 Å². The Kier molecular flexibility index (Phi) is 4.37. The molecule has 0 aliphatic heterocycles. The first-order chi connectivity index (χ1) is 9.19. The molecule has 0 saturated carbocycles. The number of nitrogens with zero attached hydrogens (tertiary/aromatic N) is 4. The lowest BCUT2D eigenvalue weighted by molar-refractivity contribution is 0.590. The third-order valence-corrected chi connectivity index (χ3v) is 3.31. The highest BCUT2D eigenvalue weighted by Gasteiger charge is 2.17. The zero-order valence-corrected chi connectivity index (χ0v) is 12.0. The molecule has 1 unspecified atom stereocenters. The molecule has 2 aromatic heterocycles. The van der Waals surface area contributed by atoms with Crippen LogP contribution in [-0.4, -0.2) is 19.6 Å². The molecule has 0 radical (unpaired) electrons. The van der Waals surface area contributed by atoms with Crippen molar-refractivity contribution in [1.82, 2.24) is 19.6 Å². The Morgan fingerprint density at radius 2 is 2.11 bits per heavy atom. The molecule has 0 fully saturated rings. The molecule has 0 bridgehead atoms. The van der Waals surface area contributed by atoms with Gasteiger partial charge in [-0.3, -0.25) is 9.36 Å². The summed E-state index contributed by atoms with van der Waals surface area (Å²) in [6, 6.07) is 1.95. The predicted octanol–water partition coefficient (Wildman–Crippen LogP) is 2.12. The van der Waals surface area contributed by atoms with Crippen molar-refractivity contribution in [1.29, 1.82) is 0 Å². The second kappa shape index (κ2) is 6.02. The van der Waals surface area contributed by atoms with Crippen LogP contribution in [0.2, 0.25) is 0 Å². The minimum Gasteiger partial charge on any atom is -0.319 e. The summed E-state index contributed by atoms with van der Waals surface area (Å²) in [5.74, 6) is 0. The molecule has 0 saturated heterocycles. The van der Waals surface area contributed by atoms with E-state index in [1.54, 1.807) is 0 Å². The molecule has 2 rings (SSSR count). The van der Waals surface area contributed by atoms with Crippen molar-refractivity contribution in [2.24, 2.45) is 5.73 Å². The van der Waals surface area contributed by atoms with Crippen molar-refractivity contribution in [3.63, 3.8) is 0 Å². The van der Waals surface area contributed by atoms with E-state index in [1.807, 2.05) is 21.8 Å². The van der Waals surface area contributed by atoms with Gasteiger partial charge in [-0.1, -0.05) is 13.8 Å². The average Bonchev–Trinajstić information content (AvgIpc) is 3.04. The van der Waals surface area contributed by atoms with Gasteiger partial charge < -0.3 is 5.73 Å². The molecule has 1 atom stereocenters. The van der Waals surface area contributed by atoms with Gasteiger partial charge in [-0.2, -0.15) is 10.2 Å². The Bertz CT molecular complexity index is 526. The molecule has 19 heavy (non-hydrogen) atoms. The molecule has 2 heterocycles. The van der Waals surface area contributed by atoms with Crippen LogP contribution in [0.3, 0.4) is 0 Å². The summed E-state index contributed by atoms with van der Waals surface area (Å²) in [6.07, 6.45) is 5.90. The van der Waals surface area contributed by atoms with Gasteiger partial charge in [-0.15, -0.1) is 0 Å². The highest BCUT2D eigenvalue weighted by Crippen LogP contribution is 2.20. The summed E-state index contributed by atoms with van der Waals surface area (Å²) in [6.45, 7) is 8.10. The second-order valence-corrected chi connectivity index (χ2v) is 4.74. The molecule has 0 spiro atoms. The van der Waals surface area contributed by atoms with Crippen LogP contribution in [-0.2, 0) is 19.5 Å². The van der Waals surface area contributed by atoms with Crippen molar-refractivity contribution in [2.75, 3.05) is 0 Å². The topological polar surface area (TPSA) is 61.7 Å². The van der Waals surface area contributed by atoms with E-state index >= 15 is 0 Å². The maximum Gasteiger partial charge on any atom is 0.0754 e. The largest absolute Gasteiger partial charge is 0.319 e. The van der Waals surface area contributed by atoms with Gasteiger partial charge in [0.05, 0.1) is 23.6 Å². The van der Waals surface area contributed by atoms with Crippen molar-refractivity contribution in [3.8, 4) is 0 Å². The van der Waals surface area contributed by atoms with Gasteiger partial charge in [0, 0.05) is 24.8 Å². The number of aromatic nitrogens is 4. The number of aryl methyl sites for hydroxylation is 3. The molecule has 0 aromatic carbocycles. The molecular formula is C14H23N5. The zero-order valence-electron chi connectivity index (χ0n) is 12.0. The van der Waals surface area contributed by atoms with Crippen LogP contribution in [0.4, 0.5) is 0 Å². The monoisotopic (exact) mass is 261 g/mol. The van der Waals surface area contributed by atoms with Crippen LogP contribution in [0.5, 0.6) is 0 Å². The van der Waals surface area contributed by atoms with Crippen molar-refractivity contribution in [3.05, 3.63) is 35.4 Å². The predicted molar refractivity (Wildman–Crippen MR) is 75.8 cm³/mol. The highest BCUT2D eigenvalue weighted by atomic mass is 15.3. The van der Waals surface area contributed by atoms with E-state index in [0.717, 1.165) is 42.9 Å². The molecule has 2 N–H and O–H groups in total. The number of hydrogen-bond donors (Lipinski definition) is 1. The van der Waals surface area contributed by atoms with Gasteiger partial charge in [0.1, 0.15) is 0 Å². The number of hydrogen-bond acceptors (Lipinski definition) is 3. The summed E-state index contributed by atoms with van der Waals surface area (Å²) in [5.41, 5.74) is 9.56. The van der Waals surface area contributed by atoms with Gasteiger partial charge in [-0.25, -0.2) is 0 Å². The first-order valence-corrected chi connectivity index (χ1v) is 7.04. The van der Waals surface area contributed by atoms with E-state index < -0.39 is 0 Å². The van der Waals surface area contributed by atoms with E-state index in [-0.39, 0.29) is 6.04 Å². The molecule has 0 amide bonds. The molecular weight excluding hydrogens is 238 g/mol. The van der Waals surface area contributed by atoms with Gasteiger partial charge >= 0.3 is 0 Å². The molecule has 5 nitrogen and oxygen atoms in total. The van der Waals surface area contributed by atoms with Crippen LogP contribution in [0.25, 0.3) is 0 Å². The van der Waals surface area contributed by atoms with Crippen molar-refractivity contribution >= 4 is 0 Å². The normalized spacial score (nSPS) is 12.8. The Morgan fingerprint density at radius 1 is 1.32 bits per heavy atom. The quantitative estimate of drug-likeness (QED) is 0.866. The van der Waals surface area contributed by atoms with Crippen LogP contribution >= 0.6 is 0 Å². The fraction of sp³-hybridized carbons (Fsp3) is 0.571. The summed E-state index contributed by atoms with van der Waals surface area (Å²) in [5, 5.41) is 8.89. The maximum atomic E-state index is 6.36. The fourth-order valence-corrected chi connectivity index (χ4v) is 2.23. The zero-order chi connectivity index (χ0) is 13.8. The Balaban J connectivity index is 2.26. The molecule has 0 aliphatic rings. The molecule has 5 heteroatoms. The van der Waals surface area contributed by atoms with Gasteiger partial charge in [-0.05, 0) is 25.8 Å². The van der Waals surface area contributed by atoms with E-state index in [1.165, 1.54) is 0 Å². The SMILES string of the molecule is CCCn1cc(C(N)c2cc(CC)nn2CC)cn1. The van der Waals surface area contributed by atoms with E-state index in [2.05, 4.69) is 37.0 Å². The van der Waals surface area contributed by atoms with E-state index in [9.17, 15) is 0 Å². The highest BCUT2D eigenvalue weighted by molar-refractivity contribution is 5.25. The fourth-order valence-electron chi connectivity index (χ4n) is 2.23. The molecule has 104 valence electrons. The van der Waals surface area contributed by atoms with Gasteiger partial charge in [0.15, 0.2) is 0 Å². The lowest BCUT2D eigenvalue weighted by Gasteiger charge is -2.11.